The molecule has 0 fully saturated rings. The van der Waals surface area contributed by atoms with Crippen LogP contribution in [0.1, 0.15) is 90.9 Å². The fourth-order valence-electron chi connectivity index (χ4n) is 2.35. The highest BCUT2D eigenvalue weighted by molar-refractivity contribution is 5.66. The molecule has 1 unspecified atom stereocenters. The molecule has 0 radical (unpaired) electrons. The molecule has 1 atom stereocenters. The van der Waals surface area contributed by atoms with E-state index in [2.05, 4.69) is 38.2 Å². The van der Waals surface area contributed by atoms with Gasteiger partial charge in [-0.1, -0.05) is 70.3 Å². The number of hydrogen-bond donors (Lipinski definition) is 1. The topological polar surface area (TPSA) is 37.3 Å². The molecule has 0 amide bonds. The van der Waals surface area contributed by atoms with Crippen LogP contribution in [0.4, 0.5) is 0 Å². The molecule has 0 spiro atoms. The molecule has 0 aromatic carbocycles. The minimum Gasteiger partial charge on any atom is -0.481 e. The standard InChI is InChI=1S/C20H36O2/c1-3-19(2)17-15-13-11-9-7-5-4-6-8-10-12-14-16-18-20(21)22/h4-5,10,12,19H,3,6-9,11,13-18H2,1-2H3,(H,21,22)/b5-4-,12-10-. The van der Waals surface area contributed by atoms with Gasteiger partial charge in [0, 0.05) is 6.42 Å². The Morgan fingerprint density at radius 1 is 0.864 bits per heavy atom. The molecule has 128 valence electrons. The summed E-state index contributed by atoms with van der Waals surface area (Å²) >= 11 is 0. The van der Waals surface area contributed by atoms with Gasteiger partial charge in [-0.3, -0.25) is 4.79 Å². The van der Waals surface area contributed by atoms with E-state index in [0.717, 1.165) is 31.6 Å². The van der Waals surface area contributed by atoms with Crippen molar-refractivity contribution >= 4 is 5.97 Å². The number of aliphatic carboxylic acids is 1. The molecule has 0 aliphatic rings. The van der Waals surface area contributed by atoms with Gasteiger partial charge in [0.1, 0.15) is 0 Å². The summed E-state index contributed by atoms with van der Waals surface area (Å²) in [7, 11) is 0. The number of carbonyl (C=O) groups is 1. The smallest absolute Gasteiger partial charge is 0.303 e. The first-order valence-corrected chi connectivity index (χ1v) is 9.18. The van der Waals surface area contributed by atoms with Crippen LogP contribution in [0.15, 0.2) is 24.3 Å². The highest BCUT2D eigenvalue weighted by atomic mass is 16.4. The third kappa shape index (κ3) is 17.0. The van der Waals surface area contributed by atoms with Crippen LogP contribution in [0.5, 0.6) is 0 Å². The highest BCUT2D eigenvalue weighted by Crippen LogP contribution is 2.13. The van der Waals surface area contributed by atoms with Gasteiger partial charge in [0.2, 0.25) is 0 Å². The normalized spacial score (nSPS) is 13.2. The van der Waals surface area contributed by atoms with Crippen LogP contribution in [0.25, 0.3) is 0 Å². The van der Waals surface area contributed by atoms with Crippen molar-refractivity contribution in [2.24, 2.45) is 5.92 Å². The Hall–Kier alpha value is -1.05. The lowest BCUT2D eigenvalue weighted by Gasteiger charge is -2.06. The second-order valence-electron chi connectivity index (χ2n) is 6.31. The van der Waals surface area contributed by atoms with Crippen molar-refractivity contribution in [2.45, 2.75) is 90.9 Å². The summed E-state index contributed by atoms with van der Waals surface area (Å²) in [5, 5.41) is 8.51. The van der Waals surface area contributed by atoms with Gasteiger partial charge in [0.05, 0.1) is 0 Å². The Morgan fingerprint density at radius 2 is 1.41 bits per heavy atom. The van der Waals surface area contributed by atoms with Gasteiger partial charge < -0.3 is 5.11 Å². The highest BCUT2D eigenvalue weighted by Gasteiger charge is 1.97. The summed E-state index contributed by atoms with van der Waals surface area (Å²) in [6.45, 7) is 4.63. The predicted octanol–water partition coefficient (Wildman–Crippen LogP) is 6.52. The van der Waals surface area contributed by atoms with E-state index in [4.69, 9.17) is 5.11 Å². The molecule has 0 saturated heterocycles. The maximum Gasteiger partial charge on any atom is 0.303 e. The van der Waals surface area contributed by atoms with Crippen LogP contribution >= 0.6 is 0 Å². The first-order chi connectivity index (χ1) is 10.7. The summed E-state index contributed by atoms with van der Waals surface area (Å²) in [6.07, 6.45) is 22.3. The van der Waals surface area contributed by atoms with Gasteiger partial charge in [-0.25, -0.2) is 0 Å². The van der Waals surface area contributed by atoms with Crippen LogP contribution < -0.4 is 0 Å². The van der Waals surface area contributed by atoms with Gasteiger partial charge in [-0.2, -0.15) is 0 Å². The molecule has 2 heteroatoms. The van der Waals surface area contributed by atoms with E-state index in [9.17, 15) is 4.79 Å². The molecular weight excluding hydrogens is 272 g/mol. The summed E-state index contributed by atoms with van der Waals surface area (Å²) in [4.78, 5) is 10.3. The molecule has 0 aliphatic heterocycles. The van der Waals surface area contributed by atoms with Gasteiger partial charge in [-0.05, 0) is 44.4 Å². The first kappa shape index (κ1) is 20.9. The lowest BCUT2D eigenvalue weighted by Crippen LogP contribution is -1.92. The second-order valence-corrected chi connectivity index (χ2v) is 6.31. The van der Waals surface area contributed by atoms with Crippen LogP contribution in [0.3, 0.4) is 0 Å². The van der Waals surface area contributed by atoms with Gasteiger partial charge in [-0.15, -0.1) is 0 Å². The zero-order chi connectivity index (χ0) is 16.5. The number of carboxylic acid groups (broad SMARTS) is 1. The summed E-state index contributed by atoms with van der Waals surface area (Å²) in [5.41, 5.74) is 0. The number of carboxylic acids is 1. The van der Waals surface area contributed by atoms with Gasteiger partial charge in [0.15, 0.2) is 0 Å². The quantitative estimate of drug-likeness (QED) is 0.276. The van der Waals surface area contributed by atoms with E-state index in [1.807, 2.05) is 0 Å². The predicted molar refractivity (Wildman–Crippen MR) is 96.2 cm³/mol. The van der Waals surface area contributed by atoms with Crippen molar-refractivity contribution in [3.8, 4) is 0 Å². The van der Waals surface area contributed by atoms with E-state index in [1.54, 1.807) is 0 Å². The molecule has 0 rings (SSSR count). The van der Waals surface area contributed by atoms with E-state index in [-0.39, 0.29) is 6.42 Å². The molecular formula is C20H36O2. The number of allylic oxidation sites excluding steroid dienone is 4. The minimum absolute atomic E-state index is 0.279. The average molecular weight is 309 g/mol. The molecule has 0 bridgehead atoms. The van der Waals surface area contributed by atoms with Crippen LogP contribution in [0, 0.1) is 5.92 Å². The molecule has 22 heavy (non-hydrogen) atoms. The van der Waals surface area contributed by atoms with E-state index in [0.29, 0.717) is 0 Å². The van der Waals surface area contributed by atoms with Gasteiger partial charge >= 0.3 is 5.97 Å². The van der Waals surface area contributed by atoms with Crippen LogP contribution in [-0.2, 0) is 4.79 Å². The van der Waals surface area contributed by atoms with Crippen molar-refractivity contribution in [3.05, 3.63) is 24.3 Å². The third-order valence-electron chi connectivity index (χ3n) is 4.11. The average Bonchev–Trinajstić information content (AvgIpc) is 2.50. The molecule has 0 aromatic heterocycles. The summed E-state index contributed by atoms with van der Waals surface area (Å²) in [6, 6.07) is 0. The fraction of sp³-hybridized carbons (Fsp3) is 0.750. The lowest BCUT2D eigenvalue weighted by atomic mass is 10.00. The van der Waals surface area contributed by atoms with Crippen molar-refractivity contribution in [2.75, 3.05) is 0 Å². The molecule has 2 nitrogen and oxygen atoms in total. The van der Waals surface area contributed by atoms with Crippen LogP contribution in [0.2, 0.25) is 0 Å². The van der Waals surface area contributed by atoms with Crippen LogP contribution in [-0.4, -0.2) is 11.1 Å². The monoisotopic (exact) mass is 308 g/mol. The Bertz CT molecular complexity index is 305. The first-order valence-electron chi connectivity index (χ1n) is 9.18. The maximum atomic E-state index is 10.3. The number of hydrogen-bond acceptors (Lipinski definition) is 1. The van der Waals surface area contributed by atoms with Gasteiger partial charge in [0.25, 0.3) is 0 Å². The van der Waals surface area contributed by atoms with E-state index < -0.39 is 5.97 Å². The summed E-state index contributed by atoms with van der Waals surface area (Å²) in [5.74, 6) is 0.202. The van der Waals surface area contributed by atoms with Crippen molar-refractivity contribution < 1.29 is 9.90 Å². The van der Waals surface area contributed by atoms with Crippen molar-refractivity contribution in [1.29, 1.82) is 0 Å². The number of rotatable bonds is 15. The zero-order valence-electron chi connectivity index (χ0n) is 14.7. The van der Waals surface area contributed by atoms with Crippen molar-refractivity contribution in [1.82, 2.24) is 0 Å². The SMILES string of the molecule is CCC(C)CCCCCC/C=C\CC/C=C\CCCC(=O)O. The fourth-order valence-corrected chi connectivity index (χ4v) is 2.35. The molecule has 0 saturated carbocycles. The maximum absolute atomic E-state index is 10.3. The summed E-state index contributed by atoms with van der Waals surface area (Å²) < 4.78 is 0. The zero-order valence-corrected chi connectivity index (χ0v) is 14.7. The Balaban J connectivity index is 3.24. The third-order valence-corrected chi connectivity index (χ3v) is 4.11. The Kier molecular flexibility index (Phi) is 15.5. The van der Waals surface area contributed by atoms with E-state index >= 15 is 0 Å². The number of unbranched alkanes of at least 4 members (excludes halogenated alkanes) is 6. The Morgan fingerprint density at radius 3 is 2.00 bits per heavy atom. The lowest BCUT2D eigenvalue weighted by molar-refractivity contribution is -0.137. The van der Waals surface area contributed by atoms with E-state index in [1.165, 1.54) is 44.9 Å². The Labute approximate surface area is 137 Å². The molecule has 0 aliphatic carbocycles. The molecule has 1 N–H and O–H groups in total. The molecule has 0 heterocycles. The molecule has 0 aromatic rings. The second kappa shape index (κ2) is 16.3. The van der Waals surface area contributed by atoms with Crippen molar-refractivity contribution in [3.63, 3.8) is 0 Å². The largest absolute Gasteiger partial charge is 0.481 e. The minimum atomic E-state index is -0.698.